The van der Waals surface area contributed by atoms with Crippen LogP contribution in [0.1, 0.15) is 17.4 Å². The first-order chi connectivity index (χ1) is 10.7. The Hall–Kier alpha value is -3.02. The molecule has 0 saturated carbocycles. The summed E-state index contributed by atoms with van der Waals surface area (Å²) in [5.74, 6) is 0.834. The largest absolute Gasteiger partial charge is 0.461 e. The molecule has 0 radical (unpaired) electrons. The summed E-state index contributed by atoms with van der Waals surface area (Å²) < 4.78 is 10.8. The molecule has 22 heavy (non-hydrogen) atoms. The van der Waals surface area contributed by atoms with E-state index in [0.29, 0.717) is 40.5 Å². The van der Waals surface area contributed by atoms with Crippen LogP contribution in [0.25, 0.3) is 11.0 Å². The lowest BCUT2D eigenvalue weighted by atomic mass is 10.3. The van der Waals surface area contributed by atoms with Gasteiger partial charge in [0.15, 0.2) is 0 Å². The van der Waals surface area contributed by atoms with Gasteiger partial charge in [0.2, 0.25) is 0 Å². The molecule has 0 amide bonds. The minimum Gasteiger partial charge on any atom is -0.461 e. The molecule has 3 rings (SSSR count). The van der Waals surface area contributed by atoms with E-state index in [0.717, 1.165) is 0 Å². The predicted molar refractivity (Wildman–Crippen MR) is 83.0 cm³/mol. The number of esters is 1. The number of H-pyrrole nitrogens is 1. The zero-order valence-electron chi connectivity index (χ0n) is 12.0. The molecular formula is C16H15N3O3. The van der Waals surface area contributed by atoms with E-state index >= 15 is 0 Å². The van der Waals surface area contributed by atoms with Crippen molar-refractivity contribution < 1.29 is 14.3 Å². The van der Waals surface area contributed by atoms with Crippen molar-refractivity contribution in [2.24, 2.45) is 0 Å². The molecule has 112 valence electrons. The van der Waals surface area contributed by atoms with Gasteiger partial charge >= 0.3 is 5.97 Å². The third kappa shape index (κ3) is 2.71. The Balaban J connectivity index is 1.95. The Labute approximate surface area is 126 Å². The average molecular weight is 297 g/mol. The van der Waals surface area contributed by atoms with Crippen molar-refractivity contribution in [3.8, 4) is 11.5 Å². The summed E-state index contributed by atoms with van der Waals surface area (Å²) in [6, 6.07) is 10.5. The van der Waals surface area contributed by atoms with Crippen molar-refractivity contribution in [2.45, 2.75) is 6.92 Å². The number of nitrogens with two attached hydrogens (primary N) is 1. The zero-order valence-corrected chi connectivity index (χ0v) is 12.0. The van der Waals surface area contributed by atoms with Crippen LogP contribution in [0.3, 0.4) is 0 Å². The molecule has 0 fully saturated rings. The second kappa shape index (κ2) is 5.77. The number of carbonyl (C=O) groups excluding carboxylic acids is 1. The predicted octanol–water partition coefficient (Wildman–Crippen LogP) is 3.11. The topological polar surface area (TPSA) is 90.2 Å². The van der Waals surface area contributed by atoms with Crippen LogP contribution in [0.5, 0.6) is 11.5 Å². The summed E-state index contributed by atoms with van der Waals surface area (Å²) in [7, 11) is 0. The molecule has 0 unspecified atom stereocenters. The fourth-order valence-corrected chi connectivity index (χ4v) is 2.07. The fourth-order valence-electron chi connectivity index (χ4n) is 2.07. The number of hydrogen-bond donors (Lipinski definition) is 2. The highest BCUT2D eigenvalue weighted by Gasteiger charge is 2.14. The van der Waals surface area contributed by atoms with Crippen LogP contribution in [-0.2, 0) is 4.74 Å². The number of carbonyl (C=O) groups is 1. The number of ether oxygens (including phenoxy) is 2. The molecule has 0 spiro atoms. The number of fused-ring (bicyclic) bond motifs is 1. The summed E-state index contributed by atoms with van der Waals surface area (Å²) in [4.78, 5) is 18.9. The van der Waals surface area contributed by atoms with Crippen molar-refractivity contribution in [3.63, 3.8) is 0 Å². The molecule has 0 aliphatic carbocycles. The number of hydrogen-bond acceptors (Lipinski definition) is 5. The second-order valence-electron chi connectivity index (χ2n) is 4.65. The number of rotatable bonds is 4. The van der Waals surface area contributed by atoms with E-state index < -0.39 is 5.97 Å². The average Bonchev–Trinajstić information content (AvgIpc) is 2.95. The molecule has 6 heteroatoms. The van der Waals surface area contributed by atoms with Gasteiger partial charge in [-0.1, -0.05) is 0 Å². The first kappa shape index (κ1) is 13.9. The molecular weight excluding hydrogens is 282 g/mol. The van der Waals surface area contributed by atoms with Gasteiger partial charge in [0.05, 0.1) is 12.0 Å². The van der Waals surface area contributed by atoms with Gasteiger partial charge in [-0.05, 0) is 43.3 Å². The third-order valence-electron chi connectivity index (χ3n) is 3.10. The molecule has 2 aromatic heterocycles. The summed E-state index contributed by atoms with van der Waals surface area (Å²) in [6.07, 6.45) is 1.61. The normalized spacial score (nSPS) is 10.6. The van der Waals surface area contributed by atoms with Gasteiger partial charge in [0, 0.05) is 11.9 Å². The van der Waals surface area contributed by atoms with Gasteiger partial charge in [0.25, 0.3) is 0 Å². The summed E-state index contributed by atoms with van der Waals surface area (Å²) in [6.45, 7) is 2.07. The van der Waals surface area contributed by atoms with E-state index in [4.69, 9.17) is 15.2 Å². The number of aromatic nitrogens is 2. The van der Waals surface area contributed by atoms with Crippen LogP contribution in [0.2, 0.25) is 0 Å². The van der Waals surface area contributed by atoms with Crippen LogP contribution in [0.15, 0.2) is 42.6 Å². The van der Waals surface area contributed by atoms with Crippen molar-refractivity contribution in [3.05, 3.63) is 48.3 Å². The number of nitrogens with zero attached hydrogens (tertiary/aromatic N) is 1. The first-order valence-electron chi connectivity index (χ1n) is 6.85. The lowest BCUT2D eigenvalue weighted by Crippen LogP contribution is -2.04. The maximum Gasteiger partial charge on any atom is 0.354 e. The molecule has 0 aliphatic heterocycles. The summed E-state index contributed by atoms with van der Waals surface area (Å²) in [5.41, 5.74) is 7.23. The Morgan fingerprint density at radius 3 is 2.77 bits per heavy atom. The maximum absolute atomic E-state index is 11.8. The highest BCUT2D eigenvalue weighted by Crippen LogP contribution is 2.29. The molecule has 3 N–H and O–H groups in total. The molecule has 0 bridgehead atoms. The number of nitrogen functional groups attached to an aromatic ring is 1. The summed E-state index contributed by atoms with van der Waals surface area (Å²) in [5, 5.41) is 0.711. The standard InChI is InChI=1S/C16H15N3O3/c1-2-21-16(20)13-9-12-14(7-8-18-15(12)19-13)22-11-5-3-10(17)4-6-11/h3-9H,2,17H2,1H3,(H,18,19). The third-order valence-corrected chi connectivity index (χ3v) is 3.10. The molecule has 3 aromatic rings. The van der Waals surface area contributed by atoms with Crippen molar-refractivity contribution in [1.29, 1.82) is 0 Å². The number of benzene rings is 1. The van der Waals surface area contributed by atoms with Gasteiger partial charge in [-0.15, -0.1) is 0 Å². The molecule has 0 saturated heterocycles. The van der Waals surface area contributed by atoms with Crippen molar-refractivity contribution >= 4 is 22.7 Å². The smallest absolute Gasteiger partial charge is 0.354 e. The number of aromatic amines is 1. The number of pyridine rings is 1. The Morgan fingerprint density at radius 2 is 2.05 bits per heavy atom. The zero-order chi connectivity index (χ0) is 15.5. The van der Waals surface area contributed by atoms with Crippen molar-refractivity contribution in [1.82, 2.24) is 9.97 Å². The number of anilines is 1. The lowest BCUT2D eigenvalue weighted by Gasteiger charge is -2.06. The molecule has 6 nitrogen and oxygen atoms in total. The van der Waals surface area contributed by atoms with Gasteiger partial charge in [-0.3, -0.25) is 0 Å². The van der Waals surface area contributed by atoms with Crippen LogP contribution >= 0.6 is 0 Å². The summed E-state index contributed by atoms with van der Waals surface area (Å²) >= 11 is 0. The SMILES string of the molecule is CCOC(=O)c1cc2c(Oc3ccc(N)cc3)ccnc2[nH]1. The second-order valence-corrected chi connectivity index (χ2v) is 4.65. The molecule has 0 atom stereocenters. The van der Waals surface area contributed by atoms with E-state index in [1.54, 1.807) is 49.5 Å². The van der Waals surface area contributed by atoms with Crippen LogP contribution < -0.4 is 10.5 Å². The number of nitrogens with one attached hydrogen (secondary N) is 1. The van der Waals surface area contributed by atoms with Gasteiger partial charge in [0.1, 0.15) is 22.8 Å². The highest BCUT2D eigenvalue weighted by atomic mass is 16.5. The highest BCUT2D eigenvalue weighted by molar-refractivity contribution is 5.95. The Kier molecular flexibility index (Phi) is 3.65. The van der Waals surface area contributed by atoms with Gasteiger partial charge < -0.3 is 20.2 Å². The maximum atomic E-state index is 11.8. The van der Waals surface area contributed by atoms with E-state index in [1.807, 2.05) is 0 Å². The monoisotopic (exact) mass is 297 g/mol. The van der Waals surface area contributed by atoms with E-state index in [9.17, 15) is 4.79 Å². The van der Waals surface area contributed by atoms with Crippen LogP contribution in [0, 0.1) is 0 Å². The molecule has 2 heterocycles. The first-order valence-corrected chi connectivity index (χ1v) is 6.85. The fraction of sp³-hybridized carbons (Fsp3) is 0.125. The molecule has 0 aliphatic rings. The quantitative estimate of drug-likeness (QED) is 0.570. The van der Waals surface area contributed by atoms with Crippen LogP contribution in [0.4, 0.5) is 5.69 Å². The molecule has 1 aromatic carbocycles. The minimum absolute atomic E-state index is 0.316. The van der Waals surface area contributed by atoms with Crippen LogP contribution in [-0.4, -0.2) is 22.5 Å². The van der Waals surface area contributed by atoms with Gasteiger partial charge in [-0.25, -0.2) is 9.78 Å². The van der Waals surface area contributed by atoms with E-state index in [-0.39, 0.29) is 0 Å². The lowest BCUT2D eigenvalue weighted by molar-refractivity contribution is 0.0520. The van der Waals surface area contributed by atoms with E-state index in [1.165, 1.54) is 0 Å². The van der Waals surface area contributed by atoms with E-state index in [2.05, 4.69) is 9.97 Å². The van der Waals surface area contributed by atoms with Crippen molar-refractivity contribution in [2.75, 3.05) is 12.3 Å². The van der Waals surface area contributed by atoms with Gasteiger partial charge in [-0.2, -0.15) is 0 Å². The Morgan fingerprint density at radius 1 is 1.27 bits per heavy atom. The minimum atomic E-state index is -0.418. The Bertz CT molecular complexity index is 809.